The van der Waals surface area contributed by atoms with Crippen LogP contribution < -0.4 is 14.2 Å². The van der Waals surface area contributed by atoms with E-state index in [9.17, 15) is 4.79 Å². The topological polar surface area (TPSA) is 44.8 Å². The van der Waals surface area contributed by atoms with E-state index in [1.165, 1.54) is 0 Å². The van der Waals surface area contributed by atoms with Gasteiger partial charge in [0.25, 0.3) is 0 Å². The Morgan fingerprint density at radius 2 is 2.13 bits per heavy atom. The molecule has 0 saturated carbocycles. The van der Waals surface area contributed by atoms with Crippen molar-refractivity contribution in [3.63, 3.8) is 0 Å². The Bertz CT molecular complexity index is 364. The highest BCUT2D eigenvalue weighted by Crippen LogP contribution is 2.35. The lowest BCUT2D eigenvalue weighted by Gasteiger charge is -2.02. The second-order valence-electron chi connectivity index (χ2n) is 2.84. The normalized spacial score (nSPS) is 11.8. The third-order valence-corrected chi connectivity index (χ3v) is 1.86. The van der Waals surface area contributed by atoms with Gasteiger partial charge in [-0.15, -0.1) is 12.4 Å². The summed E-state index contributed by atoms with van der Waals surface area (Å²) in [7, 11) is 0. The largest absolute Gasteiger partial charge is 0.454 e. The molecule has 1 aliphatic rings. The minimum atomic E-state index is -0.260. The number of carbonyl (C=O) groups excluding carboxylic acids is 1. The maximum atomic E-state index is 11.0. The molecular weight excluding hydrogens is 220 g/mol. The van der Waals surface area contributed by atoms with Gasteiger partial charge in [-0.25, -0.2) is 0 Å². The van der Waals surface area contributed by atoms with Gasteiger partial charge in [0.1, 0.15) is 5.75 Å². The number of carbonyl (C=O) groups is 1. The summed E-state index contributed by atoms with van der Waals surface area (Å²) in [6.45, 7) is 1.97. The number of esters is 1. The molecule has 0 unspecified atom stereocenters. The lowest BCUT2D eigenvalue weighted by Crippen LogP contribution is -2.05. The first-order valence-electron chi connectivity index (χ1n) is 4.40. The van der Waals surface area contributed by atoms with Gasteiger partial charge >= 0.3 is 5.97 Å². The van der Waals surface area contributed by atoms with Gasteiger partial charge in [-0.2, -0.15) is 0 Å². The predicted octanol–water partition coefficient (Wildman–Crippen LogP) is 2.15. The van der Waals surface area contributed by atoms with Crippen LogP contribution in [0.2, 0.25) is 0 Å². The van der Waals surface area contributed by atoms with E-state index in [0.717, 1.165) is 0 Å². The quantitative estimate of drug-likeness (QED) is 0.577. The Kier molecular flexibility index (Phi) is 3.80. The molecule has 0 aliphatic carbocycles. The summed E-state index contributed by atoms with van der Waals surface area (Å²) in [4.78, 5) is 11.0. The minimum Gasteiger partial charge on any atom is -0.454 e. The van der Waals surface area contributed by atoms with Crippen molar-refractivity contribution in [1.82, 2.24) is 0 Å². The van der Waals surface area contributed by atoms with Crippen molar-refractivity contribution in [3.05, 3.63) is 18.2 Å². The van der Waals surface area contributed by atoms with Crippen molar-refractivity contribution in [3.8, 4) is 17.2 Å². The van der Waals surface area contributed by atoms with Crippen molar-refractivity contribution >= 4 is 18.4 Å². The number of hydrogen-bond acceptors (Lipinski definition) is 4. The molecule has 1 heterocycles. The van der Waals surface area contributed by atoms with Crippen LogP contribution in [-0.4, -0.2) is 12.8 Å². The first-order valence-corrected chi connectivity index (χ1v) is 4.40. The summed E-state index contributed by atoms with van der Waals surface area (Å²) in [5, 5.41) is 0. The molecule has 0 aromatic heterocycles. The van der Waals surface area contributed by atoms with E-state index in [1.807, 2.05) is 0 Å². The lowest BCUT2D eigenvalue weighted by atomic mass is 10.3. The van der Waals surface area contributed by atoms with Gasteiger partial charge in [0, 0.05) is 12.5 Å². The molecule has 0 N–H and O–H groups in total. The number of rotatable bonds is 2. The van der Waals surface area contributed by atoms with E-state index in [0.29, 0.717) is 23.7 Å². The zero-order valence-electron chi connectivity index (χ0n) is 8.19. The average Bonchev–Trinajstić information content (AvgIpc) is 2.64. The van der Waals surface area contributed by atoms with Crippen LogP contribution in [0.1, 0.15) is 13.3 Å². The molecule has 0 atom stereocenters. The van der Waals surface area contributed by atoms with Crippen LogP contribution in [0.4, 0.5) is 0 Å². The molecule has 0 spiro atoms. The van der Waals surface area contributed by atoms with Crippen LogP contribution in [-0.2, 0) is 4.79 Å². The van der Waals surface area contributed by atoms with Crippen LogP contribution >= 0.6 is 12.4 Å². The molecule has 82 valence electrons. The summed E-state index contributed by atoms with van der Waals surface area (Å²) in [5.74, 6) is 1.53. The van der Waals surface area contributed by atoms with Gasteiger partial charge in [0.15, 0.2) is 11.5 Å². The van der Waals surface area contributed by atoms with Crippen molar-refractivity contribution in [2.75, 3.05) is 6.79 Å². The first kappa shape index (κ1) is 11.7. The van der Waals surface area contributed by atoms with Crippen LogP contribution in [0.5, 0.6) is 17.2 Å². The number of halogens is 1. The van der Waals surface area contributed by atoms with Crippen molar-refractivity contribution in [1.29, 1.82) is 0 Å². The molecular formula is C10H11ClO4. The number of benzene rings is 1. The van der Waals surface area contributed by atoms with Crippen molar-refractivity contribution in [2.45, 2.75) is 13.3 Å². The zero-order valence-corrected chi connectivity index (χ0v) is 9.00. The fraction of sp³-hybridized carbons (Fsp3) is 0.300. The summed E-state index contributed by atoms with van der Waals surface area (Å²) in [6.07, 6.45) is 0.356. The fourth-order valence-corrected chi connectivity index (χ4v) is 1.14. The molecule has 0 amide bonds. The molecule has 5 heteroatoms. The van der Waals surface area contributed by atoms with Gasteiger partial charge in [0.2, 0.25) is 6.79 Å². The summed E-state index contributed by atoms with van der Waals surface area (Å²) in [6, 6.07) is 5.05. The van der Waals surface area contributed by atoms with Gasteiger partial charge in [-0.05, 0) is 12.1 Å². The lowest BCUT2D eigenvalue weighted by molar-refractivity contribution is -0.134. The Morgan fingerprint density at radius 3 is 2.87 bits per heavy atom. The van der Waals surface area contributed by atoms with Gasteiger partial charge in [-0.3, -0.25) is 4.79 Å². The Balaban J connectivity index is 0.00000112. The molecule has 0 radical (unpaired) electrons. The molecule has 2 rings (SSSR count). The van der Waals surface area contributed by atoms with Crippen LogP contribution in [0.25, 0.3) is 0 Å². The number of fused-ring (bicyclic) bond motifs is 1. The van der Waals surface area contributed by atoms with E-state index in [-0.39, 0.29) is 25.2 Å². The molecule has 1 aromatic carbocycles. The first-order chi connectivity index (χ1) is 6.79. The molecule has 0 saturated heterocycles. The molecule has 0 bridgehead atoms. The van der Waals surface area contributed by atoms with E-state index < -0.39 is 0 Å². The summed E-state index contributed by atoms with van der Waals surface area (Å²) >= 11 is 0. The van der Waals surface area contributed by atoms with Crippen molar-refractivity contribution in [2.24, 2.45) is 0 Å². The SMILES string of the molecule is CCC(=O)Oc1ccc2c(c1)OCO2.Cl. The summed E-state index contributed by atoms with van der Waals surface area (Å²) in [5.41, 5.74) is 0. The third-order valence-electron chi connectivity index (χ3n) is 1.86. The highest BCUT2D eigenvalue weighted by molar-refractivity contribution is 5.85. The zero-order chi connectivity index (χ0) is 9.97. The van der Waals surface area contributed by atoms with E-state index in [4.69, 9.17) is 14.2 Å². The fourth-order valence-electron chi connectivity index (χ4n) is 1.14. The van der Waals surface area contributed by atoms with Gasteiger partial charge < -0.3 is 14.2 Å². The Labute approximate surface area is 93.5 Å². The molecule has 1 aliphatic heterocycles. The van der Waals surface area contributed by atoms with Crippen LogP contribution in [0.15, 0.2) is 18.2 Å². The average molecular weight is 231 g/mol. The highest BCUT2D eigenvalue weighted by Gasteiger charge is 2.14. The monoisotopic (exact) mass is 230 g/mol. The predicted molar refractivity (Wildman–Crippen MR) is 55.7 cm³/mol. The van der Waals surface area contributed by atoms with E-state index >= 15 is 0 Å². The molecule has 1 aromatic rings. The second kappa shape index (κ2) is 4.89. The molecule has 15 heavy (non-hydrogen) atoms. The van der Waals surface area contributed by atoms with Crippen LogP contribution in [0, 0.1) is 0 Å². The Hall–Kier alpha value is -1.42. The maximum Gasteiger partial charge on any atom is 0.310 e. The number of hydrogen-bond donors (Lipinski definition) is 0. The highest BCUT2D eigenvalue weighted by atomic mass is 35.5. The van der Waals surface area contributed by atoms with E-state index in [2.05, 4.69) is 0 Å². The van der Waals surface area contributed by atoms with Crippen LogP contribution in [0.3, 0.4) is 0 Å². The minimum absolute atomic E-state index is 0. The molecule has 4 nitrogen and oxygen atoms in total. The standard InChI is InChI=1S/C10H10O4.ClH/c1-2-10(11)14-7-3-4-8-9(5-7)13-6-12-8;/h3-5H,2,6H2,1H3;1H. The van der Waals surface area contributed by atoms with Crippen molar-refractivity contribution < 1.29 is 19.0 Å². The maximum absolute atomic E-state index is 11.0. The van der Waals surface area contributed by atoms with Gasteiger partial charge in [0.05, 0.1) is 0 Å². The summed E-state index contributed by atoms with van der Waals surface area (Å²) < 4.78 is 15.3. The number of ether oxygens (including phenoxy) is 3. The smallest absolute Gasteiger partial charge is 0.310 e. The second-order valence-corrected chi connectivity index (χ2v) is 2.84. The van der Waals surface area contributed by atoms with E-state index in [1.54, 1.807) is 25.1 Å². The van der Waals surface area contributed by atoms with Gasteiger partial charge in [-0.1, -0.05) is 6.92 Å². The Morgan fingerprint density at radius 1 is 1.40 bits per heavy atom. The molecule has 0 fully saturated rings. The third kappa shape index (κ3) is 2.53.